The molecule has 0 unspecified atom stereocenters. The molecule has 0 fully saturated rings. The summed E-state index contributed by atoms with van der Waals surface area (Å²) in [4.78, 5) is 11.5. The average Bonchev–Trinajstić information content (AvgIpc) is 1.74. The molecule has 0 spiro atoms. The van der Waals surface area contributed by atoms with E-state index in [4.69, 9.17) is 9.97 Å². The van der Waals surface area contributed by atoms with Crippen LogP contribution >= 0.6 is 0 Å². The van der Waals surface area contributed by atoms with Crippen molar-refractivity contribution >= 4 is 116 Å². The summed E-state index contributed by atoms with van der Waals surface area (Å²) in [5, 5.41) is 14.7. The first-order chi connectivity index (χ1) is 47.1. The van der Waals surface area contributed by atoms with Gasteiger partial charge in [-0.2, -0.15) is 4.98 Å². The van der Waals surface area contributed by atoms with Crippen molar-refractivity contribution in [1.82, 2.24) is 28.2 Å². The van der Waals surface area contributed by atoms with Crippen molar-refractivity contribution in [3.8, 4) is 56.7 Å². The number of aromatic nitrogens is 6. The van der Waals surface area contributed by atoms with Crippen LogP contribution in [0.1, 0.15) is 0 Å². The summed E-state index contributed by atoms with van der Waals surface area (Å²) in [5.74, 6) is 1.36. The molecule has 0 saturated heterocycles. The standard InChI is InChI=1S/C88H58N6Si/c1-6-24-64(25-7-1)91-79-38-20-16-34-70(79)74-54-60(44-50-83(74)91)62-46-52-85-76(56-62)72-36-18-22-40-81(72)93(85)87-58-78(59-42-48-69(49-43-59)95(66-28-10-3-11-29-66,67-30-12-4-13-31-67)68-32-14-5-15-33-68)89-88(90-87)94-82-41-23-19-37-73(82)77-57-63(47-53-86(77)94)61-45-51-84-75(55-61)71-35-17-21-39-80(71)92(84)65-26-8-2-9-27-65/h1-58H. The molecule has 6 nitrogen and oxygen atoms in total. The summed E-state index contributed by atoms with van der Waals surface area (Å²) in [5.41, 5.74) is 17.6. The van der Waals surface area contributed by atoms with Gasteiger partial charge < -0.3 is 9.13 Å². The number of nitrogens with zero attached hydrogens (tertiary/aromatic N) is 6. The SMILES string of the molecule is c1ccc(-n2c3ccccc3c3cc(-c4ccc5c(c4)c4ccccc4n5-c4cc(-c5ccc([Si](c6ccccc6)(c6ccccc6)c6ccccc6)cc5)nc(-n5c6ccccc6c6cc(-c7ccc8c(c7)c7ccccc7n8-c7ccccc7)ccc65)n4)ccc32)cc1. The smallest absolute Gasteiger partial charge is 0.237 e. The Labute approximate surface area is 549 Å². The molecule has 444 valence electrons. The first-order valence-corrected chi connectivity index (χ1v) is 34.5. The zero-order valence-electron chi connectivity index (χ0n) is 51.7. The third-order valence-corrected chi connectivity index (χ3v) is 24.5. The highest BCUT2D eigenvalue weighted by Crippen LogP contribution is 2.42. The largest absolute Gasteiger partial charge is 0.309 e. The number of benzene rings is 14. The Balaban J connectivity index is 0.804. The highest BCUT2D eigenvalue weighted by molar-refractivity contribution is 7.19. The van der Waals surface area contributed by atoms with E-state index in [1.807, 2.05) is 0 Å². The summed E-state index contributed by atoms with van der Waals surface area (Å²) in [6, 6.07) is 129. The molecule has 14 aromatic carbocycles. The van der Waals surface area contributed by atoms with Crippen LogP contribution in [0.3, 0.4) is 0 Å². The maximum atomic E-state index is 5.78. The fourth-order valence-corrected chi connectivity index (χ4v) is 20.3. The molecule has 0 N–H and O–H groups in total. The molecule has 0 amide bonds. The number of hydrogen-bond donors (Lipinski definition) is 0. The first-order valence-electron chi connectivity index (χ1n) is 32.5. The van der Waals surface area contributed by atoms with Gasteiger partial charge in [-0.25, -0.2) is 4.98 Å². The molecule has 0 aliphatic carbocycles. The van der Waals surface area contributed by atoms with Gasteiger partial charge >= 0.3 is 0 Å². The predicted octanol–water partition coefficient (Wildman–Crippen LogP) is 19.2. The predicted molar refractivity (Wildman–Crippen MR) is 399 cm³/mol. The van der Waals surface area contributed by atoms with E-state index >= 15 is 0 Å². The average molecular weight is 1230 g/mol. The lowest BCUT2D eigenvalue weighted by Crippen LogP contribution is -2.74. The van der Waals surface area contributed by atoms with E-state index < -0.39 is 8.07 Å². The van der Waals surface area contributed by atoms with Crippen LogP contribution in [0.5, 0.6) is 0 Å². The molecule has 95 heavy (non-hydrogen) atoms. The Hall–Kier alpha value is -12.4. The van der Waals surface area contributed by atoms with Crippen LogP contribution in [0.4, 0.5) is 0 Å². The van der Waals surface area contributed by atoms with Gasteiger partial charge in [-0.05, 0) is 140 Å². The van der Waals surface area contributed by atoms with Crippen molar-refractivity contribution in [2.24, 2.45) is 0 Å². The van der Waals surface area contributed by atoms with Gasteiger partial charge in [0, 0.05) is 66.1 Å². The Morgan fingerprint density at radius 2 is 0.484 bits per heavy atom. The van der Waals surface area contributed by atoms with E-state index in [1.165, 1.54) is 64.4 Å². The first kappa shape index (κ1) is 54.3. The monoisotopic (exact) mass is 1230 g/mol. The second kappa shape index (κ2) is 21.9. The summed E-state index contributed by atoms with van der Waals surface area (Å²) in [6.45, 7) is 0. The third-order valence-electron chi connectivity index (χ3n) is 19.7. The lowest BCUT2D eigenvalue weighted by Gasteiger charge is -2.34. The second-order valence-electron chi connectivity index (χ2n) is 24.8. The summed E-state index contributed by atoms with van der Waals surface area (Å²) < 4.78 is 9.39. The lowest BCUT2D eigenvalue weighted by atomic mass is 10.0. The molecule has 0 bridgehead atoms. The van der Waals surface area contributed by atoms with Crippen LogP contribution in [0.2, 0.25) is 0 Å². The van der Waals surface area contributed by atoms with Crippen molar-refractivity contribution in [2.45, 2.75) is 0 Å². The van der Waals surface area contributed by atoms with Gasteiger partial charge in [0.1, 0.15) is 5.82 Å². The minimum Gasteiger partial charge on any atom is -0.309 e. The zero-order valence-corrected chi connectivity index (χ0v) is 52.7. The van der Waals surface area contributed by atoms with Gasteiger partial charge in [0.2, 0.25) is 5.95 Å². The van der Waals surface area contributed by atoms with Crippen molar-refractivity contribution < 1.29 is 0 Å². The number of hydrogen-bond acceptors (Lipinski definition) is 2. The highest BCUT2D eigenvalue weighted by atomic mass is 28.3. The van der Waals surface area contributed by atoms with Crippen molar-refractivity contribution in [3.05, 3.63) is 352 Å². The maximum Gasteiger partial charge on any atom is 0.237 e. The molecule has 0 aliphatic heterocycles. The Bertz CT molecular complexity index is 5800. The summed E-state index contributed by atoms with van der Waals surface area (Å²) >= 11 is 0. The van der Waals surface area contributed by atoms with Crippen LogP contribution in [-0.4, -0.2) is 36.3 Å². The van der Waals surface area contributed by atoms with E-state index in [9.17, 15) is 0 Å². The summed E-state index contributed by atoms with van der Waals surface area (Å²) in [6.07, 6.45) is 0. The molecule has 5 heterocycles. The minimum absolute atomic E-state index is 0.586. The van der Waals surface area contributed by atoms with Crippen LogP contribution < -0.4 is 20.7 Å². The lowest BCUT2D eigenvalue weighted by molar-refractivity contribution is 0.952. The van der Waals surface area contributed by atoms with Gasteiger partial charge in [-0.15, -0.1) is 0 Å². The van der Waals surface area contributed by atoms with Gasteiger partial charge in [-0.3, -0.25) is 9.13 Å². The van der Waals surface area contributed by atoms with E-state index in [0.717, 1.165) is 94.3 Å². The van der Waals surface area contributed by atoms with Crippen molar-refractivity contribution in [3.63, 3.8) is 0 Å². The molecule has 19 rings (SSSR count). The minimum atomic E-state index is -2.84. The molecule has 19 aromatic rings. The Kier molecular flexibility index (Phi) is 12.5. The van der Waals surface area contributed by atoms with Crippen LogP contribution in [-0.2, 0) is 0 Å². The van der Waals surface area contributed by atoms with Crippen molar-refractivity contribution in [1.29, 1.82) is 0 Å². The molecular weight excluding hydrogens is 1170 g/mol. The topological polar surface area (TPSA) is 45.5 Å². The molecule has 5 aromatic heterocycles. The van der Waals surface area contributed by atoms with Crippen LogP contribution in [0, 0.1) is 0 Å². The quantitative estimate of drug-likeness (QED) is 0.0957. The van der Waals surface area contributed by atoms with Gasteiger partial charge in [0.05, 0.1) is 49.8 Å². The van der Waals surface area contributed by atoms with Gasteiger partial charge in [0.25, 0.3) is 0 Å². The Morgan fingerprint density at radius 3 is 0.874 bits per heavy atom. The maximum absolute atomic E-state index is 5.78. The third kappa shape index (κ3) is 8.57. The Morgan fingerprint density at radius 1 is 0.200 bits per heavy atom. The molecule has 0 saturated carbocycles. The molecule has 7 heteroatoms. The molecule has 0 atom stereocenters. The fourth-order valence-electron chi connectivity index (χ4n) is 15.5. The fraction of sp³-hybridized carbons (Fsp3) is 0. The zero-order chi connectivity index (χ0) is 62.6. The van der Waals surface area contributed by atoms with Gasteiger partial charge in [-0.1, -0.05) is 249 Å². The van der Waals surface area contributed by atoms with E-state index in [2.05, 4.69) is 370 Å². The van der Waals surface area contributed by atoms with Crippen LogP contribution in [0.15, 0.2) is 352 Å². The van der Waals surface area contributed by atoms with E-state index in [-0.39, 0.29) is 0 Å². The molecule has 0 aliphatic rings. The molecule has 0 radical (unpaired) electrons. The number of fused-ring (bicyclic) bond motifs is 12. The van der Waals surface area contributed by atoms with Gasteiger partial charge in [0.15, 0.2) is 8.07 Å². The number of para-hydroxylation sites is 6. The highest BCUT2D eigenvalue weighted by Gasteiger charge is 2.41. The molecular formula is C88H58N6Si. The normalized spacial score (nSPS) is 12.0. The number of rotatable bonds is 11. The summed E-state index contributed by atoms with van der Waals surface area (Å²) in [7, 11) is -2.84. The van der Waals surface area contributed by atoms with Crippen LogP contribution in [0.25, 0.3) is 144 Å². The van der Waals surface area contributed by atoms with E-state index in [0.29, 0.717) is 5.95 Å². The van der Waals surface area contributed by atoms with E-state index in [1.54, 1.807) is 0 Å². The second-order valence-corrected chi connectivity index (χ2v) is 28.7. The van der Waals surface area contributed by atoms with Crippen molar-refractivity contribution in [2.75, 3.05) is 0 Å².